The topological polar surface area (TPSA) is 20.2 Å². The SMILES string of the molecule is C=CC[C@H](O)CC=C(c1ccccc1)c1ccccc1. The first kappa shape index (κ1) is 14.3. The van der Waals surface area contributed by atoms with Crippen LogP contribution in [0.3, 0.4) is 0 Å². The molecule has 0 spiro atoms. The van der Waals surface area contributed by atoms with Gasteiger partial charge in [-0.25, -0.2) is 0 Å². The summed E-state index contributed by atoms with van der Waals surface area (Å²) in [5.74, 6) is 0. The molecule has 2 aromatic rings. The summed E-state index contributed by atoms with van der Waals surface area (Å²) in [6.45, 7) is 3.66. The van der Waals surface area contributed by atoms with E-state index in [1.807, 2.05) is 36.4 Å². The van der Waals surface area contributed by atoms with Crippen molar-refractivity contribution in [3.8, 4) is 0 Å². The lowest BCUT2D eigenvalue weighted by molar-refractivity contribution is 0.181. The van der Waals surface area contributed by atoms with E-state index < -0.39 is 0 Å². The number of hydrogen-bond donors (Lipinski definition) is 1. The molecule has 0 amide bonds. The van der Waals surface area contributed by atoms with Crippen molar-refractivity contribution in [3.63, 3.8) is 0 Å². The van der Waals surface area contributed by atoms with E-state index in [9.17, 15) is 5.11 Å². The quantitative estimate of drug-likeness (QED) is 0.764. The molecule has 102 valence electrons. The molecule has 20 heavy (non-hydrogen) atoms. The summed E-state index contributed by atoms with van der Waals surface area (Å²) in [5, 5.41) is 9.88. The molecule has 0 saturated carbocycles. The predicted molar refractivity (Wildman–Crippen MR) is 85.4 cm³/mol. The van der Waals surface area contributed by atoms with Gasteiger partial charge in [-0.05, 0) is 29.5 Å². The van der Waals surface area contributed by atoms with Crippen molar-refractivity contribution in [2.24, 2.45) is 0 Å². The van der Waals surface area contributed by atoms with Gasteiger partial charge in [-0.3, -0.25) is 0 Å². The molecule has 2 rings (SSSR count). The van der Waals surface area contributed by atoms with Crippen LogP contribution in [0.25, 0.3) is 5.57 Å². The number of benzene rings is 2. The fraction of sp³-hybridized carbons (Fsp3) is 0.158. The van der Waals surface area contributed by atoms with Crippen LogP contribution >= 0.6 is 0 Å². The Labute approximate surface area is 120 Å². The minimum Gasteiger partial charge on any atom is -0.392 e. The third-order valence-corrected chi connectivity index (χ3v) is 3.20. The monoisotopic (exact) mass is 264 g/mol. The summed E-state index contributed by atoms with van der Waals surface area (Å²) >= 11 is 0. The Morgan fingerprint density at radius 3 is 1.85 bits per heavy atom. The van der Waals surface area contributed by atoms with Crippen LogP contribution in [0.4, 0.5) is 0 Å². The number of hydrogen-bond acceptors (Lipinski definition) is 1. The highest BCUT2D eigenvalue weighted by Gasteiger charge is 2.06. The van der Waals surface area contributed by atoms with Gasteiger partial charge in [0, 0.05) is 0 Å². The van der Waals surface area contributed by atoms with Crippen molar-refractivity contribution < 1.29 is 5.11 Å². The molecule has 1 atom stereocenters. The molecule has 0 bridgehead atoms. The standard InChI is InChI=1S/C19H20O/c1-2-9-18(20)14-15-19(16-10-5-3-6-11-16)17-12-7-4-8-13-17/h2-8,10-13,15,18,20H,1,9,14H2/t18-/m0/s1. The van der Waals surface area contributed by atoms with Crippen molar-refractivity contribution in [3.05, 3.63) is 90.5 Å². The second-order valence-corrected chi connectivity index (χ2v) is 4.76. The summed E-state index contributed by atoms with van der Waals surface area (Å²) in [6, 6.07) is 20.5. The van der Waals surface area contributed by atoms with Crippen LogP contribution in [0, 0.1) is 0 Å². The molecule has 0 saturated heterocycles. The average Bonchev–Trinajstić information content (AvgIpc) is 2.50. The third-order valence-electron chi connectivity index (χ3n) is 3.20. The molecule has 0 aliphatic carbocycles. The molecule has 2 aromatic carbocycles. The van der Waals surface area contributed by atoms with E-state index in [2.05, 4.69) is 36.9 Å². The Kier molecular flexibility index (Phi) is 5.33. The Morgan fingerprint density at radius 1 is 0.900 bits per heavy atom. The van der Waals surface area contributed by atoms with Gasteiger partial charge in [0.15, 0.2) is 0 Å². The van der Waals surface area contributed by atoms with Gasteiger partial charge in [0.2, 0.25) is 0 Å². The van der Waals surface area contributed by atoms with Gasteiger partial charge in [-0.1, -0.05) is 72.8 Å². The number of aliphatic hydroxyl groups excluding tert-OH is 1. The van der Waals surface area contributed by atoms with E-state index in [1.54, 1.807) is 6.08 Å². The molecule has 0 aromatic heterocycles. The Morgan fingerprint density at radius 2 is 1.40 bits per heavy atom. The second kappa shape index (κ2) is 7.46. The van der Waals surface area contributed by atoms with Gasteiger partial charge < -0.3 is 5.11 Å². The van der Waals surface area contributed by atoms with Crippen molar-refractivity contribution in [1.82, 2.24) is 0 Å². The van der Waals surface area contributed by atoms with E-state index in [-0.39, 0.29) is 6.10 Å². The summed E-state index contributed by atoms with van der Waals surface area (Å²) in [5.41, 5.74) is 3.50. The second-order valence-electron chi connectivity index (χ2n) is 4.76. The molecule has 0 aliphatic heterocycles. The van der Waals surface area contributed by atoms with E-state index >= 15 is 0 Å². The molecular formula is C19H20O. The average molecular weight is 264 g/mol. The molecular weight excluding hydrogens is 244 g/mol. The van der Waals surface area contributed by atoms with Gasteiger partial charge in [0.05, 0.1) is 6.10 Å². The van der Waals surface area contributed by atoms with Gasteiger partial charge in [-0.2, -0.15) is 0 Å². The lowest BCUT2D eigenvalue weighted by Crippen LogP contribution is -2.03. The largest absolute Gasteiger partial charge is 0.392 e. The van der Waals surface area contributed by atoms with Gasteiger partial charge >= 0.3 is 0 Å². The zero-order chi connectivity index (χ0) is 14.2. The first-order valence-electron chi connectivity index (χ1n) is 6.91. The molecule has 0 radical (unpaired) electrons. The van der Waals surface area contributed by atoms with Gasteiger partial charge in [0.25, 0.3) is 0 Å². The maximum atomic E-state index is 9.88. The van der Waals surface area contributed by atoms with Crippen LogP contribution < -0.4 is 0 Å². The fourth-order valence-corrected chi connectivity index (χ4v) is 2.18. The van der Waals surface area contributed by atoms with E-state index in [1.165, 1.54) is 11.1 Å². The van der Waals surface area contributed by atoms with Crippen molar-refractivity contribution in [1.29, 1.82) is 0 Å². The smallest absolute Gasteiger partial charge is 0.0609 e. The summed E-state index contributed by atoms with van der Waals surface area (Å²) < 4.78 is 0. The molecule has 1 nitrogen and oxygen atoms in total. The van der Waals surface area contributed by atoms with E-state index in [0.29, 0.717) is 12.8 Å². The van der Waals surface area contributed by atoms with Crippen LogP contribution in [0.15, 0.2) is 79.4 Å². The summed E-state index contributed by atoms with van der Waals surface area (Å²) in [6.07, 6.45) is 4.75. The van der Waals surface area contributed by atoms with Crippen LogP contribution in [0.5, 0.6) is 0 Å². The zero-order valence-corrected chi connectivity index (χ0v) is 11.6. The molecule has 1 N–H and O–H groups in total. The molecule has 0 heterocycles. The highest BCUT2D eigenvalue weighted by molar-refractivity contribution is 5.79. The Balaban J connectivity index is 2.30. The van der Waals surface area contributed by atoms with E-state index in [0.717, 1.165) is 5.57 Å². The van der Waals surface area contributed by atoms with Crippen LogP contribution in [-0.4, -0.2) is 11.2 Å². The minimum atomic E-state index is -0.366. The highest BCUT2D eigenvalue weighted by Crippen LogP contribution is 2.24. The zero-order valence-electron chi connectivity index (χ0n) is 11.6. The minimum absolute atomic E-state index is 0.366. The van der Waals surface area contributed by atoms with Gasteiger partial charge in [0.1, 0.15) is 0 Å². The lowest BCUT2D eigenvalue weighted by Gasteiger charge is -2.10. The van der Waals surface area contributed by atoms with E-state index in [4.69, 9.17) is 0 Å². The molecule has 0 unspecified atom stereocenters. The number of aliphatic hydroxyl groups is 1. The molecule has 1 heteroatoms. The molecule has 0 fully saturated rings. The normalized spacial score (nSPS) is 11.7. The van der Waals surface area contributed by atoms with Crippen LogP contribution in [0.2, 0.25) is 0 Å². The van der Waals surface area contributed by atoms with Crippen molar-refractivity contribution in [2.75, 3.05) is 0 Å². The third kappa shape index (κ3) is 3.94. The first-order valence-corrected chi connectivity index (χ1v) is 6.91. The Bertz CT molecular complexity index is 513. The Hall–Kier alpha value is -2.12. The highest BCUT2D eigenvalue weighted by atomic mass is 16.3. The van der Waals surface area contributed by atoms with Crippen LogP contribution in [-0.2, 0) is 0 Å². The lowest BCUT2D eigenvalue weighted by atomic mass is 9.96. The van der Waals surface area contributed by atoms with Crippen LogP contribution in [0.1, 0.15) is 24.0 Å². The molecule has 0 aliphatic rings. The van der Waals surface area contributed by atoms with Crippen molar-refractivity contribution >= 4 is 5.57 Å². The fourth-order valence-electron chi connectivity index (χ4n) is 2.18. The summed E-state index contributed by atoms with van der Waals surface area (Å²) in [7, 11) is 0. The maximum Gasteiger partial charge on any atom is 0.0609 e. The maximum absolute atomic E-state index is 9.88. The number of rotatable bonds is 6. The van der Waals surface area contributed by atoms with Crippen molar-refractivity contribution in [2.45, 2.75) is 18.9 Å². The first-order chi connectivity index (χ1) is 9.81. The predicted octanol–water partition coefficient (Wildman–Crippen LogP) is 4.45. The summed E-state index contributed by atoms with van der Waals surface area (Å²) in [4.78, 5) is 0. The van der Waals surface area contributed by atoms with Gasteiger partial charge in [-0.15, -0.1) is 6.58 Å².